The third kappa shape index (κ3) is 2.17. The van der Waals surface area contributed by atoms with E-state index in [4.69, 9.17) is 0 Å². The van der Waals surface area contributed by atoms with Crippen LogP contribution in [-0.4, -0.2) is 19.1 Å². The Balaban J connectivity index is 2.09. The number of amides is 2. The first-order valence-corrected chi connectivity index (χ1v) is 6.16. The summed E-state index contributed by atoms with van der Waals surface area (Å²) in [4.78, 5) is 13.4. The summed E-state index contributed by atoms with van der Waals surface area (Å²) >= 11 is 0. The summed E-state index contributed by atoms with van der Waals surface area (Å²) in [6.07, 6.45) is 0. The summed E-state index contributed by atoms with van der Waals surface area (Å²) in [6.45, 7) is 1.27. The number of hydrogen-bond acceptors (Lipinski definition) is 1. The Hall–Kier alpha value is -2.36. The third-order valence-corrected chi connectivity index (χ3v) is 3.19. The van der Waals surface area contributed by atoms with Gasteiger partial charge in [-0.1, -0.05) is 30.3 Å². The van der Waals surface area contributed by atoms with Gasteiger partial charge < -0.3 is 5.32 Å². The van der Waals surface area contributed by atoms with Crippen LogP contribution in [0.5, 0.6) is 0 Å². The highest BCUT2D eigenvalue weighted by Crippen LogP contribution is 2.31. The van der Waals surface area contributed by atoms with Gasteiger partial charge in [-0.05, 0) is 23.8 Å². The fraction of sp³-hybridized carbons (Fsp3) is 0.133. The Kier molecular flexibility index (Phi) is 2.91. The van der Waals surface area contributed by atoms with Gasteiger partial charge in [0.1, 0.15) is 5.82 Å². The van der Waals surface area contributed by atoms with E-state index < -0.39 is 0 Å². The van der Waals surface area contributed by atoms with E-state index in [0.717, 1.165) is 16.8 Å². The van der Waals surface area contributed by atoms with Crippen molar-refractivity contribution in [3.63, 3.8) is 0 Å². The van der Waals surface area contributed by atoms with E-state index in [1.54, 1.807) is 11.0 Å². The summed E-state index contributed by atoms with van der Waals surface area (Å²) in [5.41, 5.74) is 2.44. The Morgan fingerprint density at radius 2 is 1.95 bits per heavy atom. The number of urea groups is 1. The number of nitrogens with one attached hydrogen (secondary N) is 1. The van der Waals surface area contributed by atoms with Crippen molar-refractivity contribution in [3.05, 3.63) is 54.3 Å². The van der Waals surface area contributed by atoms with Gasteiger partial charge >= 0.3 is 6.03 Å². The average molecular weight is 256 g/mol. The molecule has 2 aromatic carbocycles. The smallest absolute Gasteiger partial charge is 0.322 e. The molecular formula is C15H13FN2O. The molecule has 96 valence electrons. The second kappa shape index (κ2) is 4.72. The molecule has 1 aliphatic rings. The van der Waals surface area contributed by atoms with Crippen LogP contribution in [0, 0.1) is 5.82 Å². The number of carbonyl (C=O) groups is 1. The average Bonchev–Trinajstić information content (AvgIpc) is 2.85. The van der Waals surface area contributed by atoms with E-state index in [0.29, 0.717) is 13.1 Å². The molecule has 1 N–H and O–H groups in total. The minimum atomic E-state index is -0.279. The molecule has 1 fully saturated rings. The van der Waals surface area contributed by atoms with Crippen molar-refractivity contribution >= 4 is 11.7 Å². The van der Waals surface area contributed by atoms with Crippen molar-refractivity contribution in [2.45, 2.75) is 0 Å². The molecule has 0 aromatic heterocycles. The Morgan fingerprint density at radius 1 is 1.11 bits per heavy atom. The minimum Gasteiger partial charge on any atom is -0.336 e. The summed E-state index contributed by atoms with van der Waals surface area (Å²) in [6, 6.07) is 13.8. The number of nitrogens with zero attached hydrogens (tertiary/aromatic N) is 1. The Bertz CT molecular complexity index is 627. The van der Waals surface area contributed by atoms with Gasteiger partial charge in [0, 0.05) is 18.7 Å². The molecule has 1 saturated heterocycles. The molecule has 1 heterocycles. The molecule has 2 amide bonds. The van der Waals surface area contributed by atoms with E-state index in [1.807, 2.05) is 30.3 Å². The quantitative estimate of drug-likeness (QED) is 0.880. The maximum Gasteiger partial charge on any atom is 0.322 e. The first-order chi connectivity index (χ1) is 9.25. The molecule has 0 aliphatic carbocycles. The van der Waals surface area contributed by atoms with Crippen molar-refractivity contribution in [1.82, 2.24) is 5.32 Å². The molecule has 2 aromatic rings. The zero-order chi connectivity index (χ0) is 13.2. The van der Waals surface area contributed by atoms with Gasteiger partial charge in [0.15, 0.2) is 0 Å². The van der Waals surface area contributed by atoms with E-state index >= 15 is 0 Å². The van der Waals surface area contributed by atoms with Gasteiger partial charge in [-0.15, -0.1) is 0 Å². The summed E-state index contributed by atoms with van der Waals surface area (Å²) in [5.74, 6) is -0.279. The number of rotatable bonds is 2. The molecule has 3 rings (SSSR count). The van der Waals surface area contributed by atoms with Crippen molar-refractivity contribution in [3.8, 4) is 11.1 Å². The van der Waals surface area contributed by atoms with Gasteiger partial charge in [0.05, 0.1) is 5.69 Å². The normalized spacial score (nSPS) is 14.6. The summed E-state index contributed by atoms with van der Waals surface area (Å²) in [7, 11) is 0. The molecule has 19 heavy (non-hydrogen) atoms. The number of anilines is 1. The lowest BCUT2D eigenvalue weighted by Crippen LogP contribution is -2.28. The lowest BCUT2D eigenvalue weighted by atomic mass is 10.0. The predicted octanol–water partition coefficient (Wildman–Crippen LogP) is 3.02. The first kappa shape index (κ1) is 11.7. The van der Waals surface area contributed by atoms with Crippen LogP contribution in [0.4, 0.5) is 14.9 Å². The Labute approximate surface area is 110 Å². The highest BCUT2D eigenvalue weighted by Gasteiger charge is 2.23. The minimum absolute atomic E-state index is 0.108. The standard InChI is InChI=1S/C15H13FN2O/c16-12-5-3-4-11(10-12)13-6-1-2-7-14(13)18-9-8-17-15(18)19/h1-7,10H,8-9H2,(H,17,19). The summed E-state index contributed by atoms with van der Waals surface area (Å²) < 4.78 is 13.3. The van der Waals surface area contributed by atoms with Crippen LogP contribution in [0.2, 0.25) is 0 Å². The van der Waals surface area contributed by atoms with Gasteiger partial charge in [-0.25, -0.2) is 9.18 Å². The zero-order valence-corrected chi connectivity index (χ0v) is 10.3. The van der Waals surface area contributed by atoms with Crippen LogP contribution in [0.1, 0.15) is 0 Å². The van der Waals surface area contributed by atoms with Crippen LogP contribution >= 0.6 is 0 Å². The largest absolute Gasteiger partial charge is 0.336 e. The highest BCUT2D eigenvalue weighted by atomic mass is 19.1. The van der Waals surface area contributed by atoms with Crippen molar-refractivity contribution in [1.29, 1.82) is 0 Å². The summed E-state index contributed by atoms with van der Waals surface area (Å²) in [5, 5.41) is 2.77. The zero-order valence-electron chi connectivity index (χ0n) is 10.3. The third-order valence-electron chi connectivity index (χ3n) is 3.19. The lowest BCUT2D eigenvalue weighted by molar-refractivity contribution is 0.252. The Morgan fingerprint density at radius 3 is 2.68 bits per heavy atom. The van der Waals surface area contributed by atoms with E-state index in [1.165, 1.54) is 12.1 Å². The number of para-hydroxylation sites is 1. The van der Waals surface area contributed by atoms with Crippen LogP contribution in [-0.2, 0) is 0 Å². The van der Waals surface area contributed by atoms with E-state index in [2.05, 4.69) is 5.32 Å². The monoisotopic (exact) mass is 256 g/mol. The molecule has 0 atom stereocenters. The van der Waals surface area contributed by atoms with Crippen molar-refractivity contribution in [2.75, 3.05) is 18.0 Å². The molecule has 4 heteroatoms. The van der Waals surface area contributed by atoms with Crippen molar-refractivity contribution in [2.24, 2.45) is 0 Å². The van der Waals surface area contributed by atoms with Gasteiger partial charge in [-0.3, -0.25) is 4.90 Å². The number of halogens is 1. The number of hydrogen-bond donors (Lipinski definition) is 1. The fourth-order valence-corrected chi connectivity index (χ4v) is 2.31. The SMILES string of the molecule is O=C1NCCN1c1ccccc1-c1cccc(F)c1. The van der Waals surface area contributed by atoms with Crippen LogP contribution in [0.3, 0.4) is 0 Å². The molecule has 0 spiro atoms. The lowest BCUT2D eigenvalue weighted by Gasteiger charge is -2.18. The second-order valence-corrected chi connectivity index (χ2v) is 4.41. The predicted molar refractivity (Wildman–Crippen MR) is 72.6 cm³/mol. The van der Waals surface area contributed by atoms with Gasteiger partial charge in [-0.2, -0.15) is 0 Å². The first-order valence-electron chi connectivity index (χ1n) is 6.16. The molecule has 3 nitrogen and oxygen atoms in total. The number of carbonyl (C=O) groups excluding carboxylic acids is 1. The topological polar surface area (TPSA) is 32.3 Å². The maximum absolute atomic E-state index is 13.3. The van der Waals surface area contributed by atoms with Gasteiger partial charge in [0.25, 0.3) is 0 Å². The molecular weight excluding hydrogens is 243 g/mol. The van der Waals surface area contributed by atoms with E-state index in [-0.39, 0.29) is 11.8 Å². The number of benzene rings is 2. The van der Waals surface area contributed by atoms with Crippen LogP contribution < -0.4 is 10.2 Å². The van der Waals surface area contributed by atoms with Crippen molar-refractivity contribution < 1.29 is 9.18 Å². The highest BCUT2D eigenvalue weighted by molar-refractivity contribution is 5.98. The fourth-order valence-electron chi connectivity index (χ4n) is 2.31. The molecule has 0 radical (unpaired) electrons. The molecule has 0 bridgehead atoms. The molecule has 1 aliphatic heterocycles. The molecule has 0 unspecified atom stereocenters. The molecule has 0 saturated carbocycles. The van der Waals surface area contributed by atoms with Crippen LogP contribution in [0.15, 0.2) is 48.5 Å². The van der Waals surface area contributed by atoms with Crippen LogP contribution in [0.25, 0.3) is 11.1 Å². The van der Waals surface area contributed by atoms with Gasteiger partial charge in [0.2, 0.25) is 0 Å². The second-order valence-electron chi connectivity index (χ2n) is 4.41. The van der Waals surface area contributed by atoms with E-state index in [9.17, 15) is 9.18 Å². The maximum atomic E-state index is 13.3.